The van der Waals surface area contributed by atoms with Crippen LogP contribution in [0.4, 0.5) is 10.2 Å². The van der Waals surface area contributed by atoms with E-state index in [0.717, 1.165) is 11.8 Å². The molecule has 18 heavy (non-hydrogen) atoms. The van der Waals surface area contributed by atoms with Crippen LogP contribution in [0.15, 0.2) is 12.3 Å². The van der Waals surface area contributed by atoms with Gasteiger partial charge in [0.2, 0.25) is 5.91 Å². The molecule has 0 atom stereocenters. The van der Waals surface area contributed by atoms with Crippen molar-refractivity contribution in [3.63, 3.8) is 0 Å². The molecule has 0 saturated heterocycles. The number of carbonyl (C=O) groups excluding carboxylic acids is 2. The van der Waals surface area contributed by atoms with Gasteiger partial charge in [0.05, 0.1) is 11.6 Å². The fraction of sp³-hybridized carbons (Fsp3) is 0.462. The number of aromatic nitrogens is 1. The topological polar surface area (TPSA) is 59.1 Å². The summed E-state index contributed by atoms with van der Waals surface area (Å²) in [6.07, 6.45) is 3.55. The highest BCUT2D eigenvalue weighted by atomic mass is 19.1. The molecule has 1 amide bonds. The van der Waals surface area contributed by atoms with Crippen molar-refractivity contribution in [1.82, 2.24) is 4.98 Å². The first-order chi connectivity index (χ1) is 8.59. The highest BCUT2D eigenvalue weighted by Gasteiger charge is 2.44. The molecule has 1 N–H and O–H groups in total. The predicted octanol–water partition coefficient (Wildman–Crippen LogP) is 1.84. The van der Waals surface area contributed by atoms with E-state index in [-0.39, 0.29) is 11.7 Å². The number of nitrogens with one attached hydrogen (secondary N) is 1. The Hall–Kier alpha value is -1.78. The van der Waals surface area contributed by atoms with Gasteiger partial charge < -0.3 is 5.32 Å². The van der Waals surface area contributed by atoms with Gasteiger partial charge in [-0.1, -0.05) is 0 Å². The van der Waals surface area contributed by atoms with E-state index in [2.05, 4.69) is 10.3 Å². The number of hydrogen-bond donors (Lipinski definition) is 1. The molecule has 0 unspecified atom stereocenters. The lowest BCUT2D eigenvalue weighted by Gasteiger charge is -2.38. The average Bonchev–Trinajstić information content (AvgIpc) is 2.35. The third-order valence-corrected chi connectivity index (χ3v) is 3.94. The van der Waals surface area contributed by atoms with Crippen molar-refractivity contribution in [3.8, 4) is 0 Å². The van der Waals surface area contributed by atoms with E-state index < -0.39 is 11.2 Å². The summed E-state index contributed by atoms with van der Waals surface area (Å²) in [5.74, 6) is 0.175. The SMILES string of the molecule is O=C1CCC2(CC1)Cc1cc(F)cnc1NC2=O. The average molecular weight is 248 g/mol. The molecule has 1 spiro atoms. The summed E-state index contributed by atoms with van der Waals surface area (Å²) < 4.78 is 13.2. The maximum absolute atomic E-state index is 13.2. The summed E-state index contributed by atoms with van der Waals surface area (Å²) in [4.78, 5) is 27.3. The van der Waals surface area contributed by atoms with Crippen LogP contribution in [0.2, 0.25) is 0 Å². The number of halogens is 1. The Morgan fingerprint density at radius 2 is 2.00 bits per heavy atom. The Balaban J connectivity index is 1.95. The second-order valence-corrected chi connectivity index (χ2v) is 5.11. The molecule has 0 bridgehead atoms. The zero-order valence-corrected chi connectivity index (χ0v) is 9.83. The molecule has 1 aromatic rings. The van der Waals surface area contributed by atoms with Crippen LogP contribution in [0.3, 0.4) is 0 Å². The van der Waals surface area contributed by atoms with Gasteiger partial charge in [-0.25, -0.2) is 9.37 Å². The van der Waals surface area contributed by atoms with E-state index >= 15 is 0 Å². The van der Waals surface area contributed by atoms with Gasteiger partial charge in [0, 0.05) is 12.8 Å². The lowest BCUT2D eigenvalue weighted by molar-refractivity contribution is -0.131. The number of nitrogens with zero attached hydrogens (tertiary/aromatic N) is 1. The summed E-state index contributed by atoms with van der Waals surface area (Å²) in [5.41, 5.74) is 0.181. The fourth-order valence-corrected chi connectivity index (χ4v) is 2.82. The van der Waals surface area contributed by atoms with Gasteiger partial charge in [0.1, 0.15) is 17.4 Å². The lowest BCUT2D eigenvalue weighted by atomic mass is 9.68. The van der Waals surface area contributed by atoms with Crippen LogP contribution in [-0.4, -0.2) is 16.7 Å². The van der Waals surface area contributed by atoms with Gasteiger partial charge in [-0.3, -0.25) is 9.59 Å². The van der Waals surface area contributed by atoms with Crippen LogP contribution in [0, 0.1) is 11.2 Å². The molecule has 0 radical (unpaired) electrons. The summed E-state index contributed by atoms with van der Waals surface area (Å²) in [7, 11) is 0. The van der Waals surface area contributed by atoms with Gasteiger partial charge >= 0.3 is 0 Å². The number of Topliss-reactive ketones (excluding diaryl/α,β-unsaturated/α-hetero) is 1. The van der Waals surface area contributed by atoms with E-state index in [0.29, 0.717) is 37.9 Å². The molecule has 1 aromatic heterocycles. The first-order valence-corrected chi connectivity index (χ1v) is 6.07. The van der Waals surface area contributed by atoms with Gasteiger partial charge in [-0.15, -0.1) is 0 Å². The predicted molar refractivity (Wildman–Crippen MR) is 62.4 cm³/mol. The zero-order valence-electron chi connectivity index (χ0n) is 9.83. The van der Waals surface area contributed by atoms with Crippen molar-refractivity contribution in [2.75, 3.05) is 5.32 Å². The van der Waals surface area contributed by atoms with Crippen molar-refractivity contribution in [3.05, 3.63) is 23.6 Å². The molecule has 3 rings (SSSR count). The van der Waals surface area contributed by atoms with Gasteiger partial charge in [-0.2, -0.15) is 0 Å². The second kappa shape index (κ2) is 3.86. The quantitative estimate of drug-likeness (QED) is 0.762. The molecule has 2 heterocycles. The van der Waals surface area contributed by atoms with Crippen molar-refractivity contribution in [1.29, 1.82) is 0 Å². The van der Waals surface area contributed by atoms with Gasteiger partial charge in [0.15, 0.2) is 0 Å². The fourth-order valence-electron chi connectivity index (χ4n) is 2.82. The summed E-state index contributed by atoms with van der Waals surface area (Å²) >= 11 is 0. The summed E-state index contributed by atoms with van der Waals surface area (Å²) in [5, 5.41) is 2.73. The van der Waals surface area contributed by atoms with Crippen molar-refractivity contribution >= 4 is 17.5 Å². The number of ketones is 1. The Morgan fingerprint density at radius 1 is 1.28 bits per heavy atom. The Morgan fingerprint density at radius 3 is 2.72 bits per heavy atom. The molecule has 0 aromatic carbocycles. The molecule has 94 valence electrons. The smallest absolute Gasteiger partial charge is 0.232 e. The highest BCUT2D eigenvalue weighted by Crippen LogP contribution is 2.42. The molecule has 5 heteroatoms. The molecular formula is C13H13FN2O2. The molecule has 1 saturated carbocycles. The van der Waals surface area contributed by atoms with Crippen LogP contribution in [-0.2, 0) is 16.0 Å². The number of hydrogen-bond acceptors (Lipinski definition) is 3. The Kier molecular flexibility index (Phi) is 2.43. The largest absolute Gasteiger partial charge is 0.310 e. The maximum Gasteiger partial charge on any atom is 0.232 e. The normalized spacial score (nSPS) is 21.6. The molecule has 2 aliphatic rings. The summed E-state index contributed by atoms with van der Waals surface area (Å²) in [6.45, 7) is 0. The number of pyridine rings is 1. The van der Waals surface area contributed by atoms with E-state index in [1.54, 1.807) is 0 Å². The van der Waals surface area contributed by atoms with Crippen LogP contribution in [0.1, 0.15) is 31.2 Å². The van der Waals surface area contributed by atoms with Crippen LogP contribution in [0.5, 0.6) is 0 Å². The zero-order chi connectivity index (χ0) is 12.8. The third-order valence-electron chi connectivity index (χ3n) is 3.94. The molecule has 1 aliphatic heterocycles. The van der Waals surface area contributed by atoms with Gasteiger partial charge in [-0.05, 0) is 30.9 Å². The standard InChI is InChI=1S/C13H13FN2O2/c14-9-5-8-6-13(3-1-10(17)2-4-13)12(18)16-11(8)15-7-9/h5,7H,1-4,6H2,(H,15,16,18). The van der Waals surface area contributed by atoms with Crippen LogP contribution in [0.25, 0.3) is 0 Å². The monoisotopic (exact) mass is 248 g/mol. The van der Waals surface area contributed by atoms with E-state index in [4.69, 9.17) is 0 Å². The number of carbonyl (C=O) groups is 2. The van der Waals surface area contributed by atoms with E-state index in [1.165, 1.54) is 6.07 Å². The second-order valence-electron chi connectivity index (χ2n) is 5.11. The Labute approximate surface area is 104 Å². The number of amides is 1. The van der Waals surface area contributed by atoms with Crippen molar-refractivity contribution < 1.29 is 14.0 Å². The maximum atomic E-state index is 13.2. The molecule has 4 nitrogen and oxygen atoms in total. The lowest BCUT2D eigenvalue weighted by Crippen LogP contribution is -2.44. The van der Waals surface area contributed by atoms with E-state index in [1.807, 2.05) is 0 Å². The number of fused-ring (bicyclic) bond motifs is 1. The first-order valence-electron chi connectivity index (χ1n) is 6.07. The van der Waals surface area contributed by atoms with Crippen molar-refractivity contribution in [2.24, 2.45) is 5.41 Å². The van der Waals surface area contributed by atoms with E-state index in [9.17, 15) is 14.0 Å². The minimum Gasteiger partial charge on any atom is -0.310 e. The summed E-state index contributed by atoms with van der Waals surface area (Å²) in [6, 6.07) is 1.42. The molecule has 1 fully saturated rings. The van der Waals surface area contributed by atoms with Crippen molar-refractivity contribution in [2.45, 2.75) is 32.1 Å². The minimum absolute atomic E-state index is 0.0818. The number of rotatable bonds is 0. The molecular weight excluding hydrogens is 235 g/mol. The van der Waals surface area contributed by atoms with Crippen LogP contribution >= 0.6 is 0 Å². The van der Waals surface area contributed by atoms with Crippen LogP contribution < -0.4 is 5.32 Å². The van der Waals surface area contributed by atoms with Gasteiger partial charge in [0.25, 0.3) is 0 Å². The third kappa shape index (κ3) is 1.70. The highest BCUT2D eigenvalue weighted by molar-refractivity contribution is 5.98. The minimum atomic E-state index is -0.545. The first kappa shape index (κ1) is 11.3. The number of anilines is 1. The molecule has 1 aliphatic carbocycles. The Bertz CT molecular complexity index is 532.